The van der Waals surface area contributed by atoms with Crippen LogP contribution in [-0.2, 0) is 6.54 Å². The topological polar surface area (TPSA) is 59.7 Å². The molecule has 1 aromatic carbocycles. The summed E-state index contributed by atoms with van der Waals surface area (Å²) in [6, 6.07) is 11.3. The summed E-state index contributed by atoms with van der Waals surface area (Å²) >= 11 is 0. The zero-order chi connectivity index (χ0) is 18.8. The second kappa shape index (κ2) is 7.06. The number of rotatable bonds is 5. The monoisotopic (exact) mass is 366 g/mol. The zero-order valence-corrected chi connectivity index (χ0v) is 14.5. The lowest BCUT2D eigenvalue weighted by Crippen LogP contribution is -2.21. The fourth-order valence-electron chi connectivity index (χ4n) is 2.91. The normalized spacial score (nSPS) is 11.3. The molecule has 0 aliphatic rings. The van der Waals surface area contributed by atoms with E-state index in [1.54, 1.807) is 24.3 Å². The fourth-order valence-corrected chi connectivity index (χ4v) is 2.91. The minimum absolute atomic E-state index is 0.185. The van der Waals surface area contributed by atoms with Crippen molar-refractivity contribution < 1.29 is 8.78 Å². The van der Waals surface area contributed by atoms with Gasteiger partial charge >= 0.3 is 6.55 Å². The highest BCUT2D eigenvalue weighted by Crippen LogP contribution is 2.27. The van der Waals surface area contributed by atoms with Crippen LogP contribution in [0.3, 0.4) is 0 Å². The van der Waals surface area contributed by atoms with Gasteiger partial charge in [0.2, 0.25) is 0 Å². The van der Waals surface area contributed by atoms with Crippen LogP contribution in [0.25, 0.3) is 22.3 Å². The minimum atomic E-state index is -2.64. The molecule has 4 rings (SSSR count). The average molecular weight is 366 g/mol. The maximum absolute atomic E-state index is 13.1. The van der Waals surface area contributed by atoms with Gasteiger partial charge in [0, 0.05) is 42.8 Å². The number of anilines is 1. The Balaban J connectivity index is 1.78. The van der Waals surface area contributed by atoms with E-state index in [1.165, 1.54) is 12.4 Å². The van der Waals surface area contributed by atoms with E-state index in [0.717, 1.165) is 21.0 Å². The van der Waals surface area contributed by atoms with E-state index in [2.05, 4.69) is 19.9 Å². The number of alkyl halides is 2. The highest BCUT2D eigenvalue weighted by Gasteiger charge is 2.17. The van der Waals surface area contributed by atoms with Gasteiger partial charge < -0.3 is 4.90 Å². The van der Waals surface area contributed by atoms with Gasteiger partial charge in [-0.2, -0.15) is 8.78 Å². The van der Waals surface area contributed by atoms with Gasteiger partial charge in [0.15, 0.2) is 5.82 Å². The van der Waals surface area contributed by atoms with Crippen molar-refractivity contribution in [3.8, 4) is 11.4 Å². The Morgan fingerprint density at radius 2 is 1.93 bits per heavy atom. The largest absolute Gasteiger partial charge is 0.352 e. The van der Waals surface area contributed by atoms with Crippen molar-refractivity contribution in [3.63, 3.8) is 0 Å². The average Bonchev–Trinajstić information content (AvgIpc) is 3.16. The second-order valence-corrected chi connectivity index (χ2v) is 6.01. The Bertz CT molecular complexity index is 1060. The van der Waals surface area contributed by atoms with E-state index < -0.39 is 6.55 Å². The van der Waals surface area contributed by atoms with E-state index in [0.29, 0.717) is 11.6 Å². The van der Waals surface area contributed by atoms with Crippen LogP contribution in [0.15, 0.2) is 61.2 Å². The van der Waals surface area contributed by atoms with Crippen LogP contribution >= 0.6 is 0 Å². The van der Waals surface area contributed by atoms with Gasteiger partial charge in [0.05, 0.1) is 12.1 Å². The van der Waals surface area contributed by atoms with Gasteiger partial charge in [-0.25, -0.2) is 15.0 Å². The Kier molecular flexibility index (Phi) is 4.45. The maximum Gasteiger partial charge on any atom is 0.319 e. The molecule has 0 aliphatic heterocycles. The summed E-state index contributed by atoms with van der Waals surface area (Å²) in [5, 5.41) is 0.836. The number of halogens is 2. The molecule has 4 aromatic rings. The lowest BCUT2D eigenvalue weighted by molar-refractivity contribution is 0.0670. The molecule has 0 spiro atoms. The van der Waals surface area contributed by atoms with E-state index in [1.807, 2.05) is 36.4 Å². The molecule has 8 heteroatoms. The van der Waals surface area contributed by atoms with Crippen molar-refractivity contribution >= 4 is 16.7 Å². The van der Waals surface area contributed by atoms with Crippen molar-refractivity contribution in [2.45, 2.75) is 13.1 Å². The quantitative estimate of drug-likeness (QED) is 0.536. The number of fused-ring (bicyclic) bond motifs is 1. The lowest BCUT2D eigenvalue weighted by Gasteiger charge is -2.21. The summed E-state index contributed by atoms with van der Waals surface area (Å²) in [5.41, 5.74) is 1.55. The molecule has 136 valence electrons. The molecule has 0 aliphatic carbocycles. The molecule has 0 saturated heterocycles. The number of hydrogen-bond donors (Lipinski definition) is 0. The lowest BCUT2D eigenvalue weighted by atomic mass is 10.2. The fraction of sp³-hybridized carbons (Fsp3) is 0.158. The molecule has 0 bridgehead atoms. The molecule has 0 fully saturated rings. The van der Waals surface area contributed by atoms with Crippen LogP contribution in [0.4, 0.5) is 14.6 Å². The summed E-state index contributed by atoms with van der Waals surface area (Å²) in [7, 11) is 1.80. The van der Waals surface area contributed by atoms with Crippen molar-refractivity contribution in [1.82, 2.24) is 24.5 Å². The zero-order valence-electron chi connectivity index (χ0n) is 14.5. The predicted molar refractivity (Wildman–Crippen MR) is 98.4 cm³/mol. The molecule has 0 atom stereocenters. The summed E-state index contributed by atoms with van der Waals surface area (Å²) in [5.74, 6) is 1.43. The Morgan fingerprint density at radius 3 is 2.70 bits per heavy atom. The summed E-state index contributed by atoms with van der Waals surface area (Å²) in [6.07, 6.45) is 6.01. The number of nitrogens with zero attached hydrogens (tertiary/aromatic N) is 6. The predicted octanol–water partition coefficient (Wildman–Crippen LogP) is 3.92. The molecule has 0 amide bonds. The molecule has 0 N–H and O–H groups in total. The first-order valence-corrected chi connectivity index (χ1v) is 8.31. The summed E-state index contributed by atoms with van der Waals surface area (Å²) in [4.78, 5) is 19.3. The van der Waals surface area contributed by atoms with E-state index >= 15 is 0 Å². The number of aromatic nitrogens is 5. The smallest absolute Gasteiger partial charge is 0.319 e. The molecule has 0 unspecified atom stereocenters. The van der Waals surface area contributed by atoms with Gasteiger partial charge in [0.1, 0.15) is 11.6 Å². The highest BCUT2D eigenvalue weighted by atomic mass is 19.3. The van der Waals surface area contributed by atoms with Gasteiger partial charge in [-0.3, -0.25) is 9.55 Å². The molecule has 0 radical (unpaired) electrons. The van der Waals surface area contributed by atoms with Crippen LogP contribution < -0.4 is 4.90 Å². The second-order valence-electron chi connectivity index (χ2n) is 6.01. The Hall–Kier alpha value is -3.42. The highest BCUT2D eigenvalue weighted by molar-refractivity contribution is 5.90. The third-order valence-electron chi connectivity index (χ3n) is 4.20. The number of para-hydroxylation sites is 1. The van der Waals surface area contributed by atoms with Gasteiger partial charge in [-0.05, 0) is 24.3 Å². The van der Waals surface area contributed by atoms with Crippen LogP contribution in [0.1, 0.15) is 12.4 Å². The molecule has 3 aromatic heterocycles. The van der Waals surface area contributed by atoms with Gasteiger partial charge in [-0.15, -0.1) is 0 Å². The summed E-state index contributed by atoms with van der Waals surface area (Å²) < 4.78 is 27.1. The summed E-state index contributed by atoms with van der Waals surface area (Å²) in [6.45, 7) is -2.45. The number of hydrogen-bond acceptors (Lipinski definition) is 5. The third-order valence-corrected chi connectivity index (χ3v) is 4.20. The van der Waals surface area contributed by atoms with Crippen LogP contribution in [-0.4, -0.2) is 31.6 Å². The first-order chi connectivity index (χ1) is 13.1. The van der Waals surface area contributed by atoms with E-state index in [9.17, 15) is 8.78 Å². The third kappa shape index (κ3) is 3.33. The number of benzene rings is 1. The maximum atomic E-state index is 13.1. The van der Waals surface area contributed by atoms with Crippen LogP contribution in [0, 0.1) is 0 Å². The minimum Gasteiger partial charge on any atom is -0.352 e. The first-order valence-electron chi connectivity index (χ1n) is 8.31. The molecule has 3 heterocycles. The molecule has 27 heavy (non-hydrogen) atoms. The molecule has 0 saturated carbocycles. The SMILES string of the molecule is CN(Cc1nccn1C(F)F)c1nc(-c2cccnc2)nc2ccccc12. The number of pyridine rings is 1. The van der Waals surface area contributed by atoms with Crippen molar-refractivity contribution in [3.05, 3.63) is 67.0 Å². The standard InChI is InChI=1S/C19H16F2N6/c1-26(12-16-23-9-10-27(16)19(20)21)18-14-6-2-3-7-15(14)24-17(25-18)13-5-4-8-22-11-13/h2-11,19H,12H2,1H3. The Labute approximate surface area is 154 Å². The van der Waals surface area contributed by atoms with E-state index in [-0.39, 0.29) is 12.4 Å². The first kappa shape index (κ1) is 17.0. The molecular weight excluding hydrogens is 350 g/mol. The van der Waals surface area contributed by atoms with E-state index in [4.69, 9.17) is 0 Å². The van der Waals surface area contributed by atoms with Crippen molar-refractivity contribution in [2.24, 2.45) is 0 Å². The van der Waals surface area contributed by atoms with Crippen molar-refractivity contribution in [2.75, 3.05) is 11.9 Å². The van der Waals surface area contributed by atoms with Gasteiger partial charge in [0.25, 0.3) is 0 Å². The molecule has 6 nitrogen and oxygen atoms in total. The van der Waals surface area contributed by atoms with Crippen molar-refractivity contribution in [1.29, 1.82) is 0 Å². The number of imidazole rings is 1. The Morgan fingerprint density at radius 1 is 1.07 bits per heavy atom. The van der Waals surface area contributed by atoms with Crippen LogP contribution in [0.5, 0.6) is 0 Å². The van der Waals surface area contributed by atoms with Crippen LogP contribution in [0.2, 0.25) is 0 Å². The van der Waals surface area contributed by atoms with Gasteiger partial charge in [-0.1, -0.05) is 12.1 Å². The molecular formula is C19H16F2N6.